The van der Waals surface area contributed by atoms with Crippen LogP contribution in [0.5, 0.6) is 0 Å². The topological polar surface area (TPSA) is 84.3 Å². The molecule has 19 heavy (non-hydrogen) atoms. The van der Waals surface area contributed by atoms with Crippen molar-refractivity contribution in [3.63, 3.8) is 0 Å². The molecule has 6 nitrogen and oxygen atoms in total. The second-order valence-electron chi connectivity index (χ2n) is 4.67. The van der Waals surface area contributed by atoms with Crippen molar-refractivity contribution in [1.82, 2.24) is 5.32 Å². The Morgan fingerprint density at radius 1 is 1.47 bits per heavy atom. The molecule has 1 aromatic carbocycles. The third-order valence-electron chi connectivity index (χ3n) is 3.07. The first kappa shape index (κ1) is 13.3. The molecule has 0 heterocycles. The van der Waals surface area contributed by atoms with Gasteiger partial charge in [0.2, 0.25) is 0 Å². The molecule has 102 valence electrons. The largest absolute Gasteiger partial charge is 0.385 e. The zero-order valence-corrected chi connectivity index (χ0v) is 10.8. The van der Waals surface area contributed by atoms with Crippen LogP contribution in [0.15, 0.2) is 18.2 Å². The number of nitrogens with zero attached hydrogens (tertiary/aromatic N) is 1. The summed E-state index contributed by atoms with van der Waals surface area (Å²) in [5.41, 5.74) is 0.670. The van der Waals surface area contributed by atoms with Crippen LogP contribution in [-0.2, 0) is 0 Å². The number of anilines is 1. The Kier molecular flexibility index (Phi) is 3.99. The first-order chi connectivity index (χ1) is 9.11. The second-order valence-corrected chi connectivity index (χ2v) is 4.67. The summed E-state index contributed by atoms with van der Waals surface area (Å²) in [7, 11) is 0. The Labute approximate surface area is 111 Å². The molecule has 0 spiro atoms. The summed E-state index contributed by atoms with van der Waals surface area (Å²) in [5, 5.41) is 16.7. The van der Waals surface area contributed by atoms with E-state index in [0.29, 0.717) is 24.7 Å². The second kappa shape index (κ2) is 5.69. The standard InChI is InChI=1S/C13H17N3O3/c1-2-14-10-5-6-12(16(18)19)11(7-10)13(17)15-8-9-3-4-9/h5-7,9,14H,2-4,8H2,1H3,(H,15,17). The lowest BCUT2D eigenvalue weighted by molar-refractivity contribution is -0.385. The van der Waals surface area contributed by atoms with Gasteiger partial charge in [-0.3, -0.25) is 14.9 Å². The van der Waals surface area contributed by atoms with Crippen molar-refractivity contribution < 1.29 is 9.72 Å². The highest BCUT2D eigenvalue weighted by molar-refractivity contribution is 5.99. The van der Waals surface area contributed by atoms with Crippen LogP contribution in [0.25, 0.3) is 0 Å². The van der Waals surface area contributed by atoms with Crippen molar-refractivity contribution in [1.29, 1.82) is 0 Å². The highest BCUT2D eigenvalue weighted by atomic mass is 16.6. The van der Waals surface area contributed by atoms with Crippen molar-refractivity contribution >= 4 is 17.3 Å². The van der Waals surface area contributed by atoms with Gasteiger partial charge >= 0.3 is 0 Å². The summed E-state index contributed by atoms with van der Waals surface area (Å²) in [6.45, 7) is 3.22. The number of nitrogens with one attached hydrogen (secondary N) is 2. The van der Waals surface area contributed by atoms with Crippen molar-refractivity contribution in [2.24, 2.45) is 5.92 Å². The van der Waals surface area contributed by atoms with E-state index < -0.39 is 4.92 Å². The van der Waals surface area contributed by atoms with Crippen molar-refractivity contribution in [3.8, 4) is 0 Å². The number of benzene rings is 1. The Hall–Kier alpha value is -2.11. The fourth-order valence-corrected chi connectivity index (χ4v) is 1.85. The SMILES string of the molecule is CCNc1ccc([N+](=O)[O-])c(C(=O)NCC2CC2)c1. The highest BCUT2D eigenvalue weighted by Crippen LogP contribution is 2.28. The molecule has 6 heteroatoms. The van der Waals surface area contributed by atoms with E-state index in [9.17, 15) is 14.9 Å². The molecule has 1 aromatic rings. The smallest absolute Gasteiger partial charge is 0.282 e. The maximum atomic E-state index is 12.0. The molecule has 0 unspecified atom stereocenters. The van der Waals surface area contributed by atoms with Gasteiger partial charge in [0.05, 0.1) is 4.92 Å². The number of amides is 1. The molecule has 0 radical (unpaired) electrons. The lowest BCUT2D eigenvalue weighted by atomic mass is 10.1. The first-order valence-corrected chi connectivity index (χ1v) is 6.42. The Balaban J connectivity index is 2.19. The van der Waals surface area contributed by atoms with Gasteiger partial charge in [0.1, 0.15) is 5.56 Å². The Morgan fingerprint density at radius 3 is 2.79 bits per heavy atom. The summed E-state index contributed by atoms with van der Waals surface area (Å²) in [6, 6.07) is 4.51. The number of hydrogen-bond donors (Lipinski definition) is 2. The van der Waals surface area contributed by atoms with Crippen LogP contribution >= 0.6 is 0 Å². The van der Waals surface area contributed by atoms with Crippen LogP contribution in [0.1, 0.15) is 30.1 Å². The van der Waals surface area contributed by atoms with Crippen LogP contribution < -0.4 is 10.6 Å². The molecular formula is C13H17N3O3. The summed E-state index contributed by atoms with van der Waals surface area (Å²) >= 11 is 0. The zero-order chi connectivity index (χ0) is 13.8. The first-order valence-electron chi connectivity index (χ1n) is 6.42. The van der Waals surface area contributed by atoms with Gasteiger partial charge in [0.15, 0.2) is 0 Å². The van der Waals surface area contributed by atoms with Crippen molar-refractivity contribution in [3.05, 3.63) is 33.9 Å². The predicted octanol–water partition coefficient (Wildman–Crippen LogP) is 2.17. The summed E-state index contributed by atoms with van der Waals surface area (Å²) in [4.78, 5) is 22.4. The minimum absolute atomic E-state index is 0.115. The van der Waals surface area contributed by atoms with E-state index in [1.807, 2.05) is 6.92 Å². The predicted molar refractivity (Wildman–Crippen MR) is 72.3 cm³/mol. The van der Waals surface area contributed by atoms with E-state index in [2.05, 4.69) is 10.6 Å². The fourth-order valence-electron chi connectivity index (χ4n) is 1.85. The van der Waals surface area contributed by atoms with E-state index in [0.717, 1.165) is 12.8 Å². The van der Waals surface area contributed by atoms with E-state index in [1.165, 1.54) is 12.1 Å². The van der Waals surface area contributed by atoms with Gasteiger partial charge in [-0.05, 0) is 37.8 Å². The zero-order valence-electron chi connectivity index (χ0n) is 10.8. The van der Waals surface area contributed by atoms with Gasteiger partial charge < -0.3 is 10.6 Å². The van der Waals surface area contributed by atoms with Crippen molar-refractivity contribution in [2.45, 2.75) is 19.8 Å². The molecule has 1 amide bonds. The molecule has 0 aromatic heterocycles. The summed E-state index contributed by atoms with van der Waals surface area (Å²) < 4.78 is 0. The molecule has 1 fully saturated rings. The third-order valence-corrected chi connectivity index (χ3v) is 3.07. The van der Waals surface area contributed by atoms with Crippen molar-refractivity contribution in [2.75, 3.05) is 18.4 Å². The molecule has 2 rings (SSSR count). The maximum absolute atomic E-state index is 12.0. The van der Waals surface area contributed by atoms with E-state index in [-0.39, 0.29) is 17.2 Å². The van der Waals surface area contributed by atoms with Gasteiger partial charge in [0.25, 0.3) is 11.6 Å². The van der Waals surface area contributed by atoms with Crippen LogP contribution in [0.4, 0.5) is 11.4 Å². The number of rotatable bonds is 6. The lowest BCUT2D eigenvalue weighted by Crippen LogP contribution is -2.26. The number of hydrogen-bond acceptors (Lipinski definition) is 4. The minimum atomic E-state index is -0.526. The third kappa shape index (κ3) is 3.43. The summed E-state index contributed by atoms with van der Waals surface area (Å²) in [6.07, 6.45) is 2.25. The molecule has 1 aliphatic rings. The molecule has 2 N–H and O–H groups in total. The van der Waals surface area contributed by atoms with Gasteiger partial charge in [0, 0.05) is 24.8 Å². The molecule has 0 atom stereocenters. The normalized spacial score (nSPS) is 13.9. The fraction of sp³-hybridized carbons (Fsp3) is 0.462. The van der Waals surface area contributed by atoms with Crippen LogP contribution in [0.3, 0.4) is 0 Å². The van der Waals surface area contributed by atoms with Gasteiger partial charge in [-0.15, -0.1) is 0 Å². The minimum Gasteiger partial charge on any atom is -0.385 e. The van der Waals surface area contributed by atoms with E-state index in [4.69, 9.17) is 0 Å². The van der Waals surface area contributed by atoms with Crippen LogP contribution in [0.2, 0.25) is 0 Å². The number of nitro groups is 1. The van der Waals surface area contributed by atoms with E-state index in [1.54, 1.807) is 6.07 Å². The van der Waals surface area contributed by atoms with Crippen LogP contribution in [-0.4, -0.2) is 23.9 Å². The van der Waals surface area contributed by atoms with Gasteiger partial charge in [-0.1, -0.05) is 0 Å². The Morgan fingerprint density at radius 2 is 2.21 bits per heavy atom. The number of carbonyl (C=O) groups is 1. The monoisotopic (exact) mass is 263 g/mol. The Bertz CT molecular complexity index is 498. The average Bonchev–Trinajstić information content (AvgIpc) is 3.20. The number of nitro benzene ring substituents is 1. The molecule has 0 aliphatic heterocycles. The quantitative estimate of drug-likeness (QED) is 0.608. The van der Waals surface area contributed by atoms with Crippen LogP contribution in [0, 0.1) is 16.0 Å². The maximum Gasteiger partial charge on any atom is 0.282 e. The van der Waals surface area contributed by atoms with Gasteiger partial charge in [-0.25, -0.2) is 0 Å². The number of carbonyl (C=O) groups excluding carboxylic acids is 1. The summed E-state index contributed by atoms with van der Waals surface area (Å²) in [5.74, 6) is 0.165. The molecular weight excluding hydrogens is 246 g/mol. The highest BCUT2D eigenvalue weighted by Gasteiger charge is 2.25. The molecule has 1 saturated carbocycles. The lowest BCUT2D eigenvalue weighted by Gasteiger charge is -2.08. The molecule has 1 aliphatic carbocycles. The van der Waals surface area contributed by atoms with Gasteiger partial charge in [-0.2, -0.15) is 0 Å². The average molecular weight is 263 g/mol. The molecule has 0 bridgehead atoms. The van der Waals surface area contributed by atoms with E-state index >= 15 is 0 Å². The molecule has 0 saturated heterocycles.